The minimum Gasteiger partial charge on any atom is -0.481 e. The Morgan fingerprint density at radius 3 is 2.48 bits per heavy atom. The Morgan fingerprint density at radius 2 is 1.86 bits per heavy atom. The maximum Gasteiger partial charge on any atom is 0.264 e. The molecule has 0 saturated carbocycles. The number of benzene rings is 1. The Kier molecular flexibility index (Phi) is 4.34. The summed E-state index contributed by atoms with van der Waals surface area (Å²) >= 11 is 5.78. The largest absolute Gasteiger partial charge is 0.481 e. The molecule has 0 saturated heterocycles. The van der Waals surface area contributed by atoms with E-state index in [4.69, 9.17) is 16.3 Å². The maximum atomic E-state index is 12.3. The number of halogens is 1. The molecule has 0 radical (unpaired) electrons. The Bertz CT molecular complexity index is 778. The standard InChI is InChI=1S/C13H14ClN3O3S/c1-8-4-5-10(6-9(8)2)21(18,19)17-13-15-11(14)7-12(16-13)20-3/h4-7H,1-3H3,(H,15,16,17). The summed E-state index contributed by atoms with van der Waals surface area (Å²) in [5, 5.41) is 0.0830. The van der Waals surface area contributed by atoms with Crippen molar-refractivity contribution < 1.29 is 13.2 Å². The summed E-state index contributed by atoms with van der Waals surface area (Å²) in [5.41, 5.74) is 1.89. The van der Waals surface area contributed by atoms with Gasteiger partial charge >= 0.3 is 0 Å². The monoisotopic (exact) mass is 327 g/mol. The molecule has 0 aliphatic carbocycles. The van der Waals surface area contributed by atoms with E-state index in [1.165, 1.54) is 19.2 Å². The molecule has 1 heterocycles. The number of aryl methyl sites for hydroxylation is 2. The van der Waals surface area contributed by atoms with Crippen LogP contribution in [-0.4, -0.2) is 25.5 Å². The first-order valence-electron chi connectivity index (χ1n) is 6.00. The molecule has 0 amide bonds. The fraction of sp³-hybridized carbons (Fsp3) is 0.231. The van der Waals surface area contributed by atoms with Crippen molar-refractivity contribution >= 4 is 27.6 Å². The highest BCUT2D eigenvalue weighted by Crippen LogP contribution is 2.20. The van der Waals surface area contributed by atoms with Crippen molar-refractivity contribution in [3.8, 4) is 5.88 Å². The number of aromatic nitrogens is 2. The zero-order valence-electron chi connectivity index (χ0n) is 11.7. The van der Waals surface area contributed by atoms with Gasteiger partial charge in [-0.15, -0.1) is 0 Å². The SMILES string of the molecule is COc1cc(Cl)nc(NS(=O)(=O)c2ccc(C)c(C)c2)n1. The predicted octanol–water partition coefficient (Wildman–Crippen LogP) is 2.56. The molecular formula is C13H14ClN3O3S. The minimum absolute atomic E-state index is 0.0830. The quantitative estimate of drug-likeness (QED) is 0.873. The van der Waals surface area contributed by atoms with Gasteiger partial charge in [0.15, 0.2) is 0 Å². The van der Waals surface area contributed by atoms with Crippen molar-refractivity contribution in [3.05, 3.63) is 40.5 Å². The fourth-order valence-corrected chi connectivity index (χ4v) is 2.81. The van der Waals surface area contributed by atoms with E-state index in [1.54, 1.807) is 12.1 Å². The molecule has 112 valence electrons. The smallest absolute Gasteiger partial charge is 0.264 e. The second kappa shape index (κ2) is 5.87. The lowest BCUT2D eigenvalue weighted by Gasteiger charge is -2.09. The second-order valence-electron chi connectivity index (χ2n) is 4.41. The van der Waals surface area contributed by atoms with Gasteiger partial charge in [0.2, 0.25) is 11.8 Å². The number of methoxy groups -OCH3 is 1. The van der Waals surface area contributed by atoms with Gasteiger partial charge in [0.05, 0.1) is 12.0 Å². The van der Waals surface area contributed by atoms with E-state index < -0.39 is 10.0 Å². The van der Waals surface area contributed by atoms with Crippen LogP contribution in [0.3, 0.4) is 0 Å². The number of hydrogen-bond acceptors (Lipinski definition) is 5. The van der Waals surface area contributed by atoms with E-state index in [0.29, 0.717) is 0 Å². The third kappa shape index (κ3) is 3.62. The molecule has 2 rings (SSSR count). The molecule has 0 atom stereocenters. The average Bonchev–Trinajstić information content (AvgIpc) is 2.40. The highest BCUT2D eigenvalue weighted by atomic mass is 35.5. The summed E-state index contributed by atoms with van der Waals surface area (Å²) in [7, 11) is -2.38. The Balaban J connectivity index is 2.37. The molecule has 0 unspecified atom stereocenters. The van der Waals surface area contributed by atoms with Gasteiger partial charge in [0.25, 0.3) is 10.0 Å². The van der Waals surface area contributed by atoms with Gasteiger partial charge in [-0.3, -0.25) is 0 Å². The van der Waals surface area contributed by atoms with Gasteiger partial charge < -0.3 is 4.74 Å². The number of nitrogens with one attached hydrogen (secondary N) is 1. The van der Waals surface area contributed by atoms with Crippen LogP contribution in [0.25, 0.3) is 0 Å². The normalized spacial score (nSPS) is 11.2. The van der Waals surface area contributed by atoms with Gasteiger partial charge in [-0.05, 0) is 37.1 Å². The molecular weight excluding hydrogens is 314 g/mol. The fourth-order valence-electron chi connectivity index (χ4n) is 1.61. The number of anilines is 1. The first kappa shape index (κ1) is 15.5. The molecule has 21 heavy (non-hydrogen) atoms. The molecule has 0 aliphatic heterocycles. The lowest BCUT2D eigenvalue weighted by atomic mass is 10.1. The van der Waals surface area contributed by atoms with Crippen LogP contribution in [0.15, 0.2) is 29.2 Å². The third-order valence-electron chi connectivity index (χ3n) is 2.89. The first-order chi connectivity index (χ1) is 9.81. The lowest BCUT2D eigenvalue weighted by Crippen LogP contribution is -2.15. The van der Waals surface area contributed by atoms with Crippen LogP contribution in [0.4, 0.5) is 5.95 Å². The molecule has 0 aliphatic rings. The van der Waals surface area contributed by atoms with E-state index in [2.05, 4.69) is 14.7 Å². The van der Waals surface area contributed by atoms with Crippen molar-refractivity contribution in [3.63, 3.8) is 0 Å². The van der Waals surface area contributed by atoms with Gasteiger partial charge in [-0.1, -0.05) is 17.7 Å². The van der Waals surface area contributed by atoms with Crippen molar-refractivity contribution in [1.29, 1.82) is 0 Å². The number of nitrogens with zero attached hydrogens (tertiary/aromatic N) is 2. The van der Waals surface area contributed by atoms with Crippen LogP contribution in [0.1, 0.15) is 11.1 Å². The predicted molar refractivity (Wildman–Crippen MR) is 80.3 cm³/mol. The zero-order valence-corrected chi connectivity index (χ0v) is 13.3. The summed E-state index contributed by atoms with van der Waals surface area (Å²) in [6, 6.07) is 6.23. The summed E-state index contributed by atoms with van der Waals surface area (Å²) in [6.07, 6.45) is 0. The Labute approximate surface area is 128 Å². The molecule has 1 aromatic carbocycles. The van der Waals surface area contributed by atoms with Gasteiger partial charge in [0.1, 0.15) is 5.15 Å². The summed E-state index contributed by atoms with van der Waals surface area (Å²) in [5.74, 6) is 0.0327. The number of sulfonamides is 1. The van der Waals surface area contributed by atoms with E-state index in [-0.39, 0.29) is 21.9 Å². The average molecular weight is 328 g/mol. The molecule has 8 heteroatoms. The lowest BCUT2D eigenvalue weighted by molar-refractivity contribution is 0.397. The summed E-state index contributed by atoms with van der Waals surface area (Å²) in [4.78, 5) is 7.84. The number of ether oxygens (including phenoxy) is 1. The first-order valence-corrected chi connectivity index (χ1v) is 7.86. The zero-order chi connectivity index (χ0) is 15.6. The van der Waals surface area contributed by atoms with Crippen LogP contribution in [-0.2, 0) is 10.0 Å². The molecule has 1 aromatic heterocycles. The van der Waals surface area contributed by atoms with Gasteiger partial charge in [-0.2, -0.15) is 4.98 Å². The van der Waals surface area contributed by atoms with Crippen molar-refractivity contribution in [1.82, 2.24) is 9.97 Å². The number of rotatable bonds is 4. The van der Waals surface area contributed by atoms with E-state index in [1.807, 2.05) is 13.8 Å². The van der Waals surface area contributed by atoms with Crippen molar-refractivity contribution in [2.75, 3.05) is 11.8 Å². The Hall–Kier alpha value is -1.86. The third-order valence-corrected chi connectivity index (χ3v) is 4.41. The Morgan fingerprint density at radius 1 is 1.14 bits per heavy atom. The molecule has 6 nitrogen and oxygen atoms in total. The summed E-state index contributed by atoms with van der Waals surface area (Å²) < 4.78 is 31.8. The maximum absolute atomic E-state index is 12.3. The molecule has 0 fully saturated rings. The van der Waals surface area contributed by atoms with Crippen LogP contribution in [0.5, 0.6) is 5.88 Å². The highest BCUT2D eigenvalue weighted by molar-refractivity contribution is 7.92. The molecule has 0 spiro atoms. The molecule has 1 N–H and O–H groups in total. The highest BCUT2D eigenvalue weighted by Gasteiger charge is 2.17. The van der Waals surface area contributed by atoms with Crippen molar-refractivity contribution in [2.24, 2.45) is 0 Å². The van der Waals surface area contributed by atoms with Crippen LogP contribution in [0, 0.1) is 13.8 Å². The van der Waals surface area contributed by atoms with E-state index >= 15 is 0 Å². The van der Waals surface area contributed by atoms with Gasteiger partial charge in [0, 0.05) is 6.07 Å². The van der Waals surface area contributed by atoms with Crippen LogP contribution < -0.4 is 9.46 Å². The van der Waals surface area contributed by atoms with Crippen LogP contribution >= 0.6 is 11.6 Å². The van der Waals surface area contributed by atoms with Crippen molar-refractivity contribution in [2.45, 2.75) is 18.7 Å². The van der Waals surface area contributed by atoms with E-state index in [0.717, 1.165) is 11.1 Å². The minimum atomic E-state index is -3.78. The topological polar surface area (TPSA) is 81.2 Å². The van der Waals surface area contributed by atoms with Gasteiger partial charge in [-0.25, -0.2) is 18.1 Å². The van der Waals surface area contributed by atoms with E-state index in [9.17, 15) is 8.42 Å². The second-order valence-corrected chi connectivity index (χ2v) is 6.48. The molecule has 0 bridgehead atoms. The van der Waals surface area contributed by atoms with Crippen LogP contribution in [0.2, 0.25) is 5.15 Å². The summed E-state index contributed by atoms with van der Waals surface area (Å²) in [6.45, 7) is 3.75. The number of hydrogen-bond donors (Lipinski definition) is 1. The molecule has 2 aromatic rings.